The summed E-state index contributed by atoms with van der Waals surface area (Å²) in [5, 5.41) is 0. The Balaban J connectivity index is 1.65. The summed E-state index contributed by atoms with van der Waals surface area (Å²) in [6.07, 6.45) is 1.88. The Morgan fingerprint density at radius 2 is 1.85 bits per heavy atom. The molecule has 4 rings (SSSR count). The summed E-state index contributed by atoms with van der Waals surface area (Å²) in [6.45, 7) is 0. The van der Waals surface area contributed by atoms with Crippen LogP contribution in [-0.4, -0.2) is 12.9 Å². The number of ketones is 1. The molecule has 0 bridgehead atoms. The molecule has 0 N–H and O–H groups in total. The van der Waals surface area contributed by atoms with E-state index < -0.39 is 0 Å². The third-order valence-electron chi connectivity index (χ3n) is 4.81. The Labute approximate surface area is 118 Å². The van der Waals surface area contributed by atoms with Gasteiger partial charge in [-0.1, -0.05) is 36.4 Å². The summed E-state index contributed by atoms with van der Waals surface area (Å²) in [5.74, 6) is 1.58. The third kappa shape index (κ3) is 1.48. The van der Waals surface area contributed by atoms with Crippen LogP contribution < -0.4 is 4.74 Å². The molecule has 0 radical (unpaired) electrons. The number of hydrogen-bond donors (Lipinski definition) is 0. The zero-order valence-electron chi connectivity index (χ0n) is 11.4. The maximum Gasteiger partial charge on any atom is 0.170 e. The highest BCUT2D eigenvalue weighted by molar-refractivity contribution is 6.07. The lowest BCUT2D eigenvalue weighted by atomic mass is 9.95. The van der Waals surface area contributed by atoms with E-state index >= 15 is 0 Å². The van der Waals surface area contributed by atoms with E-state index in [1.165, 1.54) is 11.1 Å². The molecule has 0 heterocycles. The molecular weight excluding hydrogens is 248 g/mol. The van der Waals surface area contributed by atoms with E-state index in [-0.39, 0.29) is 5.41 Å². The van der Waals surface area contributed by atoms with Gasteiger partial charge >= 0.3 is 0 Å². The molecule has 2 nitrogen and oxygen atoms in total. The summed E-state index contributed by atoms with van der Waals surface area (Å²) < 4.78 is 5.19. The van der Waals surface area contributed by atoms with E-state index in [0.29, 0.717) is 11.7 Å². The van der Waals surface area contributed by atoms with Crippen LogP contribution in [-0.2, 0) is 6.42 Å². The van der Waals surface area contributed by atoms with Gasteiger partial charge in [-0.3, -0.25) is 4.79 Å². The number of rotatable bonds is 2. The number of ether oxygens (including phenoxy) is 1. The maximum absolute atomic E-state index is 12.7. The van der Waals surface area contributed by atoms with Crippen molar-refractivity contribution in [1.82, 2.24) is 0 Å². The van der Waals surface area contributed by atoms with Crippen molar-refractivity contribution < 1.29 is 9.53 Å². The van der Waals surface area contributed by atoms with Crippen LogP contribution in [0.25, 0.3) is 0 Å². The first-order valence-corrected chi connectivity index (χ1v) is 7.01. The van der Waals surface area contributed by atoms with Gasteiger partial charge in [0, 0.05) is 11.0 Å². The number of carbonyl (C=O) groups excluding carboxylic acids is 1. The molecule has 1 fully saturated rings. The molecule has 0 aromatic heterocycles. The Kier molecular flexibility index (Phi) is 2.31. The van der Waals surface area contributed by atoms with E-state index in [2.05, 4.69) is 18.2 Å². The Bertz CT molecular complexity index is 687. The predicted octanol–water partition coefficient (Wildman–Crippen LogP) is 3.61. The van der Waals surface area contributed by atoms with E-state index in [4.69, 9.17) is 4.74 Å². The van der Waals surface area contributed by atoms with Crippen LogP contribution in [0.1, 0.15) is 33.8 Å². The minimum Gasteiger partial charge on any atom is -0.497 e. The van der Waals surface area contributed by atoms with Gasteiger partial charge in [0.2, 0.25) is 0 Å². The first kappa shape index (κ1) is 11.7. The lowest BCUT2D eigenvalue weighted by Crippen LogP contribution is -2.12. The monoisotopic (exact) mass is 264 g/mol. The second-order valence-corrected chi connectivity index (χ2v) is 5.85. The summed E-state index contributed by atoms with van der Waals surface area (Å²) in [7, 11) is 1.67. The quantitative estimate of drug-likeness (QED) is 0.828. The number of Topliss-reactive ketones (excluding diaryl/α,β-unsaturated/α-hetero) is 1. The van der Waals surface area contributed by atoms with Crippen LogP contribution in [0.2, 0.25) is 0 Å². The molecule has 2 atom stereocenters. The molecule has 2 aliphatic rings. The predicted molar refractivity (Wildman–Crippen MR) is 77.3 cm³/mol. The lowest BCUT2D eigenvalue weighted by Gasteiger charge is -2.08. The molecule has 0 saturated heterocycles. The van der Waals surface area contributed by atoms with Crippen LogP contribution in [0.3, 0.4) is 0 Å². The summed E-state index contributed by atoms with van der Waals surface area (Å²) in [6, 6.07) is 16.2. The number of fused-ring (bicyclic) bond motifs is 1. The standard InChI is InChI=1S/C18H16O2/c1-20-14-8-6-12(7-9-14)16-11-18(16)10-13-4-2-3-5-15(13)17(18)19/h2-9,16H,10-11H2,1H3. The van der Waals surface area contributed by atoms with Gasteiger partial charge in [0.1, 0.15) is 5.75 Å². The zero-order valence-corrected chi connectivity index (χ0v) is 11.4. The van der Waals surface area contributed by atoms with Crippen LogP contribution in [0.15, 0.2) is 48.5 Å². The van der Waals surface area contributed by atoms with Crippen molar-refractivity contribution in [3.63, 3.8) is 0 Å². The fourth-order valence-corrected chi connectivity index (χ4v) is 3.61. The lowest BCUT2D eigenvalue weighted by molar-refractivity contribution is 0.0914. The summed E-state index contributed by atoms with van der Waals surface area (Å²) in [4.78, 5) is 12.7. The van der Waals surface area contributed by atoms with Gasteiger partial charge in [-0.05, 0) is 42.0 Å². The molecule has 2 aromatic carbocycles. The minimum absolute atomic E-state index is 0.154. The molecule has 1 spiro atoms. The van der Waals surface area contributed by atoms with Crippen molar-refractivity contribution in [3.8, 4) is 5.75 Å². The minimum atomic E-state index is -0.154. The zero-order chi connectivity index (χ0) is 13.7. The highest BCUT2D eigenvalue weighted by Gasteiger charge is 2.63. The highest BCUT2D eigenvalue weighted by atomic mass is 16.5. The fraction of sp³-hybridized carbons (Fsp3) is 0.278. The van der Waals surface area contributed by atoms with Crippen molar-refractivity contribution in [2.24, 2.45) is 5.41 Å². The van der Waals surface area contributed by atoms with Gasteiger partial charge in [0.15, 0.2) is 5.78 Å². The van der Waals surface area contributed by atoms with Gasteiger partial charge in [-0.2, -0.15) is 0 Å². The molecule has 100 valence electrons. The molecule has 2 unspecified atom stereocenters. The summed E-state index contributed by atoms with van der Waals surface area (Å²) in [5.41, 5.74) is 3.25. The first-order valence-electron chi connectivity index (χ1n) is 7.01. The third-order valence-corrected chi connectivity index (χ3v) is 4.81. The van der Waals surface area contributed by atoms with Crippen molar-refractivity contribution in [3.05, 3.63) is 65.2 Å². The second-order valence-electron chi connectivity index (χ2n) is 5.85. The van der Waals surface area contributed by atoms with Gasteiger partial charge in [0.25, 0.3) is 0 Å². The largest absolute Gasteiger partial charge is 0.497 e. The molecule has 20 heavy (non-hydrogen) atoms. The molecule has 0 aliphatic heterocycles. The Hall–Kier alpha value is -2.09. The average Bonchev–Trinajstić information content (AvgIpc) is 3.15. The fourth-order valence-electron chi connectivity index (χ4n) is 3.61. The molecular formula is C18H16O2. The molecule has 2 aromatic rings. The van der Waals surface area contributed by atoms with Gasteiger partial charge in [-0.15, -0.1) is 0 Å². The first-order chi connectivity index (χ1) is 9.74. The molecule has 2 heteroatoms. The van der Waals surface area contributed by atoms with Crippen LogP contribution in [0, 0.1) is 5.41 Å². The van der Waals surface area contributed by atoms with E-state index in [1.54, 1.807) is 7.11 Å². The number of benzene rings is 2. The molecule has 2 aliphatic carbocycles. The molecule has 1 saturated carbocycles. The Morgan fingerprint density at radius 3 is 2.55 bits per heavy atom. The van der Waals surface area contributed by atoms with E-state index in [9.17, 15) is 4.79 Å². The topological polar surface area (TPSA) is 26.3 Å². The second kappa shape index (κ2) is 3.95. The van der Waals surface area contributed by atoms with E-state index in [0.717, 1.165) is 24.2 Å². The average molecular weight is 264 g/mol. The van der Waals surface area contributed by atoms with E-state index in [1.807, 2.05) is 30.3 Å². The van der Waals surface area contributed by atoms with Crippen LogP contribution in [0.5, 0.6) is 5.75 Å². The van der Waals surface area contributed by atoms with Gasteiger partial charge in [0.05, 0.1) is 7.11 Å². The SMILES string of the molecule is COc1ccc(C2CC23Cc2ccccc2C3=O)cc1. The van der Waals surface area contributed by atoms with Gasteiger partial charge in [-0.25, -0.2) is 0 Å². The highest BCUT2D eigenvalue weighted by Crippen LogP contribution is 2.65. The number of methoxy groups -OCH3 is 1. The van der Waals surface area contributed by atoms with Crippen molar-refractivity contribution >= 4 is 5.78 Å². The molecule has 0 amide bonds. The number of hydrogen-bond acceptors (Lipinski definition) is 2. The Morgan fingerprint density at radius 1 is 1.10 bits per heavy atom. The van der Waals surface area contributed by atoms with Gasteiger partial charge < -0.3 is 4.74 Å². The van der Waals surface area contributed by atoms with Crippen molar-refractivity contribution in [2.75, 3.05) is 7.11 Å². The normalized spacial score (nSPS) is 26.6. The number of carbonyl (C=O) groups is 1. The van der Waals surface area contributed by atoms with Crippen molar-refractivity contribution in [1.29, 1.82) is 0 Å². The maximum atomic E-state index is 12.7. The smallest absolute Gasteiger partial charge is 0.170 e. The van der Waals surface area contributed by atoms with Crippen LogP contribution in [0.4, 0.5) is 0 Å². The van der Waals surface area contributed by atoms with Crippen LogP contribution >= 0.6 is 0 Å². The van der Waals surface area contributed by atoms with Crippen molar-refractivity contribution in [2.45, 2.75) is 18.8 Å². The summed E-state index contributed by atoms with van der Waals surface area (Å²) >= 11 is 0.